The molecule has 41 heavy (non-hydrogen) atoms. The number of thiazole rings is 1. The highest BCUT2D eigenvalue weighted by atomic mass is 32.1. The molecule has 1 atom stereocenters. The minimum atomic E-state index is -0.683. The Labute approximate surface area is 241 Å². The largest absolute Gasteiger partial charge is 0.496 e. The summed E-state index contributed by atoms with van der Waals surface area (Å²) in [4.78, 5) is 34.8. The van der Waals surface area contributed by atoms with Crippen molar-refractivity contribution in [2.45, 2.75) is 19.9 Å². The molecule has 1 fully saturated rings. The van der Waals surface area contributed by atoms with Crippen molar-refractivity contribution in [3.05, 3.63) is 96.7 Å². The number of ether oxygens (including phenoxy) is 3. The summed E-state index contributed by atoms with van der Waals surface area (Å²) in [6.07, 6.45) is 1.84. The molecule has 8 nitrogen and oxygen atoms in total. The molecule has 6 rings (SSSR count). The van der Waals surface area contributed by atoms with Crippen molar-refractivity contribution in [2.75, 3.05) is 45.4 Å². The van der Waals surface area contributed by atoms with E-state index < -0.39 is 6.04 Å². The maximum Gasteiger partial charge on any atom is 0.271 e. The van der Waals surface area contributed by atoms with E-state index in [1.165, 1.54) is 18.3 Å². The number of hydrogen-bond donors (Lipinski definition) is 0. The third-order valence-corrected chi connectivity index (χ3v) is 8.69. The molecule has 1 saturated heterocycles. The summed E-state index contributed by atoms with van der Waals surface area (Å²) in [5.74, 6) is 1.14. The Balaban J connectivity index is 1.55. The first kappa shape index (κ1) is 27.0. The van der Waals surface area contributed by atoms with Crippen molar-refractivity contribution in [3.8, 4) is 11.5 Å². The van der Waals surface area contributed by atoms with E-state index in [4.69, 9.17) is 19.2 Å². The fourth-order valence-electron chi connectivity index (χ4n) is 5.76. The molecule has 2 aliphatic heterocycles. The summed E-state index contributed by atoms with van der Waals surface area (Å²) < 4.78 is 19.2. The van der Waals surface area contributed by atoms with Crippen LogP contribution in [0.1, 0.15) is 31.0 Å². The predicted octanol–water partition coefficient (Wildman–Crippen LogP) is 3.83. The van der Waals surface area contributed by atoms with E-state index in [1.807, 2.05) is 67.6 Å². The Kier molecular flexibility index (Phi) is 7.23. The normalized spacial score (nSPS) is 17.4. The van der Waals surface area contributed by atoms with Gasteiger partial charge in [-0.15, -0.1) is 0 Å². The topological polar surface area (TPSA) is 82.4 Å². The van der Waals surface area contributed by atoms with E-state index in [1.54, 1.807) is 18.8 Å². The van der Waals surface area contributed by atoms with E-state index in [2.05, 4.69) is 4.90 Å². The fourth-order valence-corrected chi connectivity index (χ4v) is 6.80. The molecule has 0 bridgehead atoms. The number of carbonyl (C=O) groups excluding carboxylic acids is 1. The molecule has 3 heterocycles. The second-order valence-corrected chi connectivity index (χ2v) is 11.1. The van der Waals surface area contributed by atoms with Gasteiger partial charge in [0.05, 0.1) is 38.0 Å². The number of rotatable bonds is 6. The van der Waals surface area contributed by atoms with Gasteiger partial charge < -0.3 is 19.1 Å². The first-order chi connectivity index (χ1) is 19.9. The molecule has 1 unspecified atom stereocenters. The number of nitrogens with zero attached hydrogens (tertiary/aromatic N) is 3. The molecular weight excluding hydrogens is 538 g/mol. The second kappa shape index (κ2) is 11.0. The van der Waals surface area contributed by atoms with Crippen LogP contribution in [0.4, 0.5) is 5.69 Å². The number of morpholine rings is 1. The Morgan fingerprint density at radius 1 is 1.05 bits per heavy atom. The lowest BCUT2D eigenvalue weighted by Crippen LogP contribution is -2.39. The predicted molar refractivity (Wildman–Crippen MR) is 161 cm³/mol. The quantitative estimate of drug-likeness (QED) is 0.351. The Morgan fingerprint density at radius 3 is 2.54 bits per heavy atom. The van der Waals surface area contributed by atoms with Crippen LogP contribution in [-0.4, -0.2) is 50.9 Å². The van der Waals surface area contributed by atoms with Crippen LogP contribution in [0.3, 0.4) is 0 Å². The second-order valence-electron chi connectivity index (χ2n) is 10.1. The van der Waals surface area contributed by atoms with E-state index in [9.17, 15) is 9.59 Å². The average molecular weight is 570 g/mol. The number of benzene rings is 3. The van der Waals surface area contributed by atoms with Crippen molar-refractivity contribution in [1.82, 2.24) is 4.57 Å². The zero-order valence-corrected chi connectivity index (χ0v) is 24.3. The lowest BCUT2D eigenvalue weighted by atomic mass is 9.89. The zero-order valence-electron chi connectivity index (χ0n) is 23.5. The summed E-state index contributed by atoms with van der Waals surface area (Å²) >= 11 is 1.30. The minimum absolute atomic E-state index is 0.138. The molecular formula is C32H31N3O5S. The lowest BCUT2D eigenvalue weighted by molar-refractivity contribution is -0.114. The summed E-state index contributed by atoms with van der Waals surface area (Å²) in [7, 11) is 3.24. The van der Waals surface area contributed by atoms with Crippen molar-refractivity contribution >= 4 is 39.7 Å². The van der Waals surface area contributed by atoms with Crippen molar-refractivity contribution in [1.29, 1.82) is 0 Å². The fraction of sp³-hybridized carbons (Fsp3) is 0.281. The van der Waals surface area contributed by atoms with Crippen LogP contribution in [0.25, 0.3) is 16.8 Å². The smallest absolute Gasteiger partial charge is 0.271 e. The lowest BCUT2D eigenvalue weighted by Gasteiger charge is -2.29. The molecule has 0 radical (unpaired) electrons. The van der Waals surface area contributed by atoms with Gasteiger partial charge in [0, 0.05) is 47.2 Å². The van der Waals surface area contributed by atoms with Crippen molar-refractivity contribution < 1.29 is 19.0 Å². The van der Waals surface area contributed by atoms with Crippen LogP contribution in [0.15, 0.2) is 75.7 Å². The Bertz CT molecular complexity index is 1880. The molecule has 1 aromatic heterocycles. The van der Waals surface area contributed by atoms with E-state index in [0.29, 0.717) is 45.3 Å². The number of aromatic nitrogens is 1. The van der Waals surface area contributed by atoms with Crippen LogP contribution < -0.4 is 29.3 Å². The van der Waals surface area contributed by atoms with Crippen molar-refractivity contribution in [2.24, 2.45) is 4.99 Å². The number of Topliss-reactive ketones (excluding diaryl/α,β-unsaturated/α-hetero) is 1. The van der Waals surface area contributed by atoms with Crippen LogP contribution in [0.2, 0.25) is 0 Å². The molecule has 4 aromatic rings. The van der Waals surface area contributed by atoms with Gasteiger partial charge in [-0.2, -0.15) is 0 Å². The van der Waals surface area contributed by atoms with E-state index in [-0.39, 0.29) is 11.3 Å². The van der Waals surface area contributed by atoms with Crippen LogP contribution >= 0.6 is 11.3 Å². The number of ketones is 1. The van der Waals surface area contributed by atoms with Crippen LogP contribution in [0, 0.1) is 0 Å². The van der Waals surface area contributed by atoms with Gasteiger partial charge in [0.25, 0.3) is 5.56 Å². The molecule has 0 amide bonds. The van der Waals surface area contributed by atoms with Gasteiger partial charge >= 0.3 is 0 Å². The van der Waals surface area contributed by atoms with Gasteiger partial charge in [-0.05, 0) is 48.9 Å². The maximum absolute atomic E-state index is 14.2. The molecule has 0 spiro atoms. The van der Waals surface area contributed by atoms with Gasteiger partial charge in [-0.25, -0.2) is 4.99 Å². The number of carbonyl (C=O) groups is 1. The first-order valence-corrected chi connectivity index (χ1v) is 14.3. The SMILES string of the molecule is COc1cc(N2CCOCC2)ccc1C=c1sc2n(c1=O)C(c1c(OC)ccc3ccccc13)C(C(C)=O)=C(C)N=2. The van der Waals surface area contributed by atoms with Gasteiger partial charge in [0.1, 0.15) is 11.5 Å². The summed E-state index contributed by atoms with van der Waals surface area (Å²) in [5, 5.41) is 1.91. The maximum atomic E-state index is 14.2. The van der Waals surface area contributed by atoms with Gasteiger partial charge in [0.15, 0.2) is 10.6 Å². The molecule has 0 aliphatic carbocycles. The summed E-state index contributed by atoms with van der Waals surface area (Å²) in [6.45, 7) is 6.36. The highest BCUT2D eigenvalue weighted by Gasteiger charge is 2.34. The molecule has 2 aliphatic rings. The number of hydrogen-bond acceptors (Lipinski definition) is 8. The monoisotopic (exact) mass is 569 g/mol. The van der Waals surface area contributed by atoms with Gasteiger partial charge in [0.2, 0.25) is 0 Å². The molecule has 9 heteroatoms. The molecule has 0 N–H and O–H groups in total. The van der Waals surface area contributed by atoms with Crippen molar-refractivity contribution in [3.63, 3.8) is 0 Å². The summed E-state index contributed by atoms with van der Waals surface area (Å²) in [5.41, 5.74) is 3.46. The highest BCUT2D eigenvalue weighted by Crippen LogP contribution is 2.40. The van der Waals surface area contributed by atoms with Crippen LogP contribution in [0.5, 0.6) is 11.5 Å². The highest BCUT2D eigenvalue weighted by molar-refractivity contribution is 7.07. The summed E-state index contributed by atoms with van der Waals surface area (Å²) in [6, 6.07) is 17.1. The molecule has 0 saturated carbocycles. The van der Waals surface area contributed by atoms with Gasteiger partial charge in [-0.3, -0.25) is 14.2 Å². The van der Waals surface area contributed by atoms with Crippen LogP contribution in [-0.2, 0) is 9.53 Å². The number of anilines is 1. The van der Waals surface area contributed by atoms with E-state index in [0.717, 1.165) is 40.7 Å². The Hall–Kier alpha value is -4.21. The zero-order chi connectivity index (χ0) is 28.7. The third-order valence-electron chi connectivity index (χ3n) is 7.70. The van der Waals surface area contributed by atoms with Gasteiger partial charge in [-0.1, -0.05) is 41.7 Å². The average Bonchev–Trinajstić information content (AvgIpc) is 3.30. The third kappa shape index (κ3) is 4.75. The Morgan fingerprint density at radius 2 is 1.80 bits per heavy atom. The first-order valence-electron chi connectivity index (χ1n) is 13.5. The number of methoxy groups -OCH3 is 2. The number of fused-ring (bicyclic) bond motifs is 2. The molecule has 3 aromatic carbocycles. The molecule has 210 valence electrons. The minimum Gasteiger partial charge on any atom is -0.496 e. The van der Waals surface area contributed by atoms with E-state index >= 15 is 0 Å². The standard InChI is InChI=1S/C32H31N3O5S/c1-19-28(20(2)36)30(29-24-8-6-5-7-21(24)10-12-25(29)38-3)35-31(37)27(41-32(35)33-19)17-22-9-11-23(18-26(22)39-4)34-13-15-40-16-14-34/h5-12,17-18,30H,13-16H2,1-4H3. The number of allylic oxidation sites excluding steroid dienone is 2.